The maximum atomic E-state index is 14.2. The molecule has 3 aromatic rings. The second-order valence-corrected chi connectivity index (χ2v) is 16.1. The van der Waals surface area contributed by atoms with Gasteiger partial charge in [-0.3, -0.25) is 0 Å². The van der Waals surface area contributed by atoms with E-state index in [1.807, 2.05) is 24.3 Å². The van der Waals surface area contributed by atoms with E-state index in [1.165, 1.54) is 66.3 Å². The molecule has 43 heavy (non-hydrogen) atoms. The highest BCUT2D eigenvalue weighted by Crippen LogP contribution is 2.61. The SMILES string of the molecule is COc1ccc(CN(c2nc(C34CC5CC(CC(C5)C3)C4)cs2)S(=O)(=O)c2ccc(OCC(=O)OC(C)(C)C)cc2)cc1. The summed E-state index contributed by atoms with van der Waals surface area (Å²) in [5, 5.41) is 2.58. The van der Waals surface area contributed by atoms with E-state index in [0.717, 1.165) is 29.0 Å². The molecule has 7 rings (SSSR count). The summed E-state index contributed by atoms with van der Waals surface area (Å²) >= 11 is 1.41. The molecule has 0 spiro atoms. The van der Waals surface area contributed by atoms with Gasteiger partial charge in [0.2, 0.25) is 0 Å². The number of carbonyl (C=O) groups is 1. The summed E-state index contributed by atoms with van der Waals surface area (Å²) in [5.74, 6) is 2.90. The molecule has 2 aromatic carbocycles. The zero-order valence-electron chi connectivity index (χ0n) is 25.2. The van der Waals surface area contributed by atoms with Crippen molar-refractivity contribution in [2.45, 2.75) is 81.8 Å². The second-order valence-electron chi connectivity index (χ2n) is 13.4. The lowest BCUT2D eigenvalue weighted by atomic mass is 9.49. The molecule has 0 unspecified atom stereocenters. The number of thiazole rings is 1. The van der Waals surface area contributed by atoms with E-state index in [4.69, 9.17) is 19.2 Å². The Morgan fingerprint density at radius 3 is 2.09 bits per heavy atom. The van der Waals surface area contributed by atoms with Gasteiger partial charge in [-0.05, 0) is 119 Å². The van der Waals surface area contributed by atoms with Gasteiger partial charge in [0, 0.05) is 10.8 Å². The van der Waals surface area contributed by atoms with E-state index in [9.17, 15) is 13.2 Å². The molecule has 0 aliphatic heterocycles. The lowest BCUT2D eigenvalue weighted by Crippen LogP contribution is -2.48. The average molecular weight is 625 g/mol. The highest BCUT2D eigenvalue weighted by molar-refractivity contribution is 7.93. The van der Waals surface area contributed by atoms with Crippen molar-refractivity contribution in [2.75, 3.05) is 18.0 Å². The van der Waals surface area contributed by atoms with Gasteiger partial charge in [-0.25, -0.2) is 22.5 Å². The number of hydrogen-bond acceptors (Lipinski definition) is 8. The fraction of sp³-hybridized carbons (Fsp3) is 0.515. The molecule has 1 heterocycles. The van der Waals surface area contributed by atoms with Crippen LogP contribution >= 0.6 is 11.3 Å². The molecule has 1 aromatic heterocycles. The van der Waals surface area contributed by atoms with Gasteiger partial charge in [-0.15, -0.1) is 11.3 Å². The van der Waals surface area contributed by atoms with Crippen LogP contribution in [0.5, 0.6) is 11.5 Å². The molecule has 0 amide bonds. The number of ether oxygens (including phenoxy) is 3. The molecule has 4 saturated carbocycles. The van der Waals surface area contributed by atoms with Gasteiger partial charge in [0.1, 0.15) is 17.1 Å². The first-order chi connectivity index (χ1) is 20.4. The summed E-state index contributed by atoms with van der Waals surface area (Å²) in [6.07, 6.45) is 7.51. The molecule has 0 atom stereocenters. The maximum Gasteiger partial charge on any atom is 0.344 e. The first-order valence-electron chi connectivity index (χ1n) is 15.0. The summed E-state index contributed by atoms with van der Waals surface area (Å²) in [6.45, 7) is 5.24. The van der Waals surface area contributed by atoms with E-state index in [2.05, 4.69) is 5.38 Å². The Morgan fingerprint density at radius 1 is 0.953 bits per heavy atom. The molecule has 10 heteroatoms. The standard InChI is InChI=1S/C33H40N2O6S2/c1-32(2,3)41-30(36)20-40-27-9-11-28(12-10-27)43(37,38)35(19-22-5-7-26(39-4)8-6-22)31-34-29(21-42-31)33-16-23-13-24(17-33)15-25(14-23)18-33/h5-12,21,23-25H,13-20H2,1-4H3. The van der Waals surface area contributed by atoms with Crippen LogP contribution in [0.1, 0.15) is 70.6 Å². The van der Waals surface area contributed by atoms with Gasteiger partial charge in [-0.2, -0.15) is 0 Å². The minimum absolute atomic E-state index is 0.0756. The largest absolute Gasteiger partial charge is 0.497 e. The average Bonchev–Trinajstić information content (AvgIpc) is 3.45. The number of hydrogen-bond donors (Lipinski definition) is 0. The maximum absolute atomic E-state index is 14.2. The highest BCUT2D eigenvalue weighted by atomic mass is 32.2. The van der Waals surface area contributed by atoms with Crippen LogP contribution in [-0.2, 0) is 31.5 Å². The first kappa shape index (κ1) is 29.9. The molecule has 230 valence electrons. The van der Waals surface area contributed by atoms with Crippen molar-refractivity contribution in [3.8, 4) is 11.5 Å². The van der Waals surface area contributed by atoms with Crippen molar-refractivity contribution in [1.82, 2.24) is 4.98 Å². The van der Waals surface area contributed by atoms with Crippen LogP contribution in [0.2, 0.25) is 0 Å². The summed E-state index contributed by atoms with van der Waals surface area (Å²) in [6, 6.07) is 13.6. The number of anilines is 1. The topological polar surface area (TPSA) is 95.0 Å². The van der Waals surface area contributed by atoms with Crippen molar-refractivity contribution in [3.63, 3.8) is 0 Å². The van der Waals surface area contributed by atoms with Crippen LogP contribution in [0.3, 0.4) is 0 Å². The number of benzene rings is 2. The predicted molar refractivity (Wildman–Crippen MR) is 166 cm³/mol. The second kappa shape index (κ2) is 11.4. The number of methoxy groups -OCH3 is 1. The number of rotatable bonds is 10. The van der Waals surface area contributed by atoms with Crippen LogP contribution in [-0.4, -0.2) is 38.7 Å². The van der Waals surface area contributed by atoms with E-state index >= 15 is 0 Å². The number of esters is 1. The van der Waals surface area contributed by atoms with Crippen molar-refractivity contribution in [3.05, 3.63) is 65.2 Å². The molecular weight excluding hydrogens is 585 g/mol. The first-order valence-corrected chi connectivity index (χ1v) is 17.3. The Hall–Kier alpha value is -3.11. The van der Waals surface area contributed by atoms with Crippen LogP contribution in [0, 0.1) is 17.8 Å². The van der Waals surface area contributed by atoms with Gasteiger partial charge in [0.25, 0.3) is 10.0 Å². The van der Waals surface area contributed by atoms with Gasteiger partial charge in [0.15, 0.2) is 11.7 Å². The Morgan fingerprint density at radius 2 is 1.53 bits per heavy atom. The van der Waals surface area contributed by atoms with Crippen molar-refractivity contribution >= 4 is 32.5 Å². The monoisotopic (exact) mass is 624 g/mol. The van der Waals surface area contributed by atoms with E-state index < -0.39 is 21.6 Å². The number of aromatic nitrogens is 1. The fourth-order valence-corrected chi connectivity index (χ4v) is 10.1. The lowest BCUT2D eigenvalue weighted by Gasteiger charge is -2.56. The zero-order chi connectivity index (χ0) is 30.4. The van der Waals surface area contributed by atoms with E-state index in [1.54, 1.807) is 40.0 Å². The van der Waals surface area contributed by atoms with Crippen molar-refractivity contribution < 1.29 is 27.4 Å². The quantitative estimate of drug-likeness (QED) is 0.231. The molecule has 4 bridgehead atoms. The molecule has 0 N–H and O–H groups in total. The molecule has 0 radical (unpaired) electrons. The van der Waals surface area contributed by atoms with Gasteiger partial charge >= 0.3 is 5.97 Å². The van der Waals surface area contributed by atoms with Gasteiger partial charge in [-0.1, -0.05) is 12.1 Å². The van der Waals surface area contributed by atoms with Crippen LogP contribution in [0.15, 0.2) is 58.8 Å². The van der Waals surface area contributed by atoms with E-state index in [0.29, 0.717) is 16.6 Å². The molecule has 4 aliphatic carbocycles. The fourth-order valence-electron chi connectivity index (χ4n) is 7.55. The summed E-state index contributed by atoms with van der Waals surface area (Å²) in [5.41, 5.74) is 1.35. The summed E-state index contributed by atoms with van der Waals surface area (Å²) < 4.78 is 46.0. The number of carbonyl (C=O) groups excluding carboxylic acids is 1. The van der Waals surface area contributed by atoms with E-state index in [-0.39, 0.29) is 23.5 Å². The molecule has 4 fully saturated rings. The highest BCUT2D eigenvalue weighted by Gasteiger charge is 2.52. The minimum atomic E-state index is -3.98. The van der Waals surface area contributed by atoms with Gasteiger partial charge < -0.3 is 14.2 Å². The zero-order valence-corrected chi connectivity index (χ0v) is 26.9. The molecular formula is C33H40N2O6S2. The third-order valence-corrected chi connectivity index (χ3v) is 11.7. The third kappa shape index (κ3) is 6.41. The molecule has 4 aliphatic rings. The number of sulfonamides is 1. The normalized spacial score (nSPS) is 24.5. The van der Waals surface area contributed by atoms with Crippen LogP contribution in [0.4, 0.5) is 5.13 Å². The van der Waals surface area contributed by atoms with Gasteiger partial charge in [0.05, 0.1) is 24.2 Å². The number of nitrogens with zero attached hydrogens (tertiary/aromatic N) is 2. The summed E-state index contributed by atoms with van der Waals surface area (Å²) in [4.78, 5) is 17.3. The van der Waals surface area contributed by atoms with Crippen LogP contribution < -0.4 is 13.8 Å². The Balaban J connectivity index is 1.26. The van der Waals surface area contributed by atoms with Crippen molar-refractivity contribution in [1.29, 1.82) is 0 Å². The minimum Gasteiger partial charge on any atom is -0.497 e. The van der Waals surface area contributed by atoms with Crippen LogP contribution in [0.25, 0.3) is 0 Å². The predicted octanol–water partition coefficient (Wildman–Crippen LogP) is 6.74. The Bertz CT molecular complexity index is 1520. The lowest BCUT2D eigenvalue weighted by molar-refractivity contribution is -0.157. The Kier molecular flexibility index (Phi) is 7.96. The summed E-state index contributed by atoms with van der Waals surface area (Å²) in [7, 11) is -2.37. The molecule has 0 saturated heterocycles. The van der Waals surface area contributed by atoms with Crippen molar-refractivity contribution in [2.24, 2.45) is 17.8 Å². The smallest absolute Gasteiger partial charge is 0.344 e. The molecule has 8 nitrogen and oxygen atoms in total. The third-order valence-electron chi connectivity index (χ3n) is 8.96. The Labute approximate surface area is 258 Å².